The van der Waals surface area contributed by atoms with E-state index in [1.54, 1.807) is 11.1 Å². The number of alkyl halides is 1. The van der Waals surface area contributed by atoms with Crippen molar-refractivity contribution >= 4 is 44.7 Å². The number of H-pyrrole nitrogens is 1. The first-order valence-corrected chi connectivity index (χ1v) is 10.9. The first kappa shape index (κ1) is 20.8. The van der Waals surface area contributed by atoms with Crippen molar-refractivity contribution in [2.24, 2.45) is 0 Å². The van der Waals surface area contributed by atoms with Crippen molar-refractivity contribution in [2.75, 3.05) is 5.33 Å². The molecule has 158 valence electrons. The standard InChI is InChI=1S/C19H24BrClN4O4/c1-18(2,3)29-17(26)25-10(6-20)14-15(28-19(4,5)27-14)13(25)9-7-22-12-11(9)23-8-24-16(12)21/h7-8,10,13-15,22H,6H2,1-5H3/t10-,13+,14-,15+/m1/s1. The number of aromatic nitrogens is 3. The van der Waals surface area contributed by atoms with Crippen LogP contribution in [0.25, 0.3) is 11.0 Å². The van der Waals surface area contributed by atoms with Crippen molar-refractivity contribution in [3.8, 4) is 0 Å². The smallest absolute Gasteiger partial charge is 0.411 e. The van der Waals surface area contributed by atoms with Crippen molar-refractivity contribution in [1.82, 2.24) is 19.9 Å². The van der Waals surface area contributed by atoms with Gasteiger partial charge in [-0.2, -0.15) is 0 Å². The molecule has 4 rings (SSSR count). The zero-order chi connectivity index (χ0) is 21.1. The van der Waals surface area contributed by atoms with Crippen molar-refractivity contribution in [1.29, 1.82) is 0 Å². The van der Waals surface area contributed by atoms with Gasteiger partial charge in [0.05, 0.1) is 17.6 Å². The number of fused-ring (bicyclic) bond motifs is 2. The van der Waals surface area contributed by atoms with Gasteiger partial charge < -0.3 is 19.2 Å². The molecule has 4 atom stereocenters. The predicted molar refractivity (Wildman–Crippen MR) is 111 cm³/mol. The van der Waals surface area contributed by atoms with Crippen LogP contribution < -0.4 is 0 Å². The van der Waals surface area contributed by atoms with Crippen LogP contribution in [0.3, 0.4) is 0 Å². The maximum atomic E-state index is 13.2. The number of hydrogen-bond acceptors (Lipinski definition) is 6. The van der Waals surface area contributed by atoms with Gasteiger partial charge in [0.1, 0.15) is 29.7 Å². The lowest BCUT2D eigenvalue weighted by molar-refractivity contribution is -0.165. The Hall–Kier alpha value is -1.42. The molecule has 2 aromatic heterocycles. The van der Waals surface area contributed by atoms with Crippen LogP contribution in [0.4, 0.5) is 4.79 Å². The van der Waals surface area contributed by atoms with Crippen LogP contribution in [0.15, 0.2) is 12.5 Å². The van der Waals surface area contributed by atoms with Crippen LogP contribution in [-0.4, -0.2) is 60.9 Å². The van der Waals surface area contributed by atoms with Gasteiger partial charge in [0.2, 0.25) is 0 Å². The molecule has 2 aliphatic rings. The molecular formula is C19H24BrClN4O4. The molecule has 2 saturated heterocycles. The number of amides is 1. The van der Waals surface area contributed by atoms with E-state index in [1.807, 2.05) is 34.6 Å². The fourth-order valence-electron chi connectivity index (χ4n) is 4.09. The summed E-state index contributed by atoms with van der Waals surface area (Å²) in [5.41, 5.74) is 1.41. The number of nitrogens with zero attached hydrogens (tertiary/aromatic N) is 3. The largest absolute Gasteiger partial charge is 0.444 e. The van der Waals surface area contributed by atoms with E-state index in [-0.39, 0.29) is 18.2 Å². The fourth-order valence-corrected chi connectivity index (χ4v) is 4.96. The Morgan fingerprint density at radius 2 is 2.03 bits per heavy atom. The van der Waals surface area contributed by atoms with Crippen LogP contribution in [0.5, 0.6) is 0 Å². The van der Waals surface area contributed by atoms with E-state index in [1.165, 1.54) is 6.33 Å². The van der Waals surface area contributed by atoms with Gasteiger partial charge in [-0.15, -0.1) is 0 Å². The summed E-state index contributed by atoms with van der Waals surface area (Å²) < 4.78 is 18.1. The number of carbonyl (C=O) groups is 1. The summed E-state index contributed by atoms with van der Waals surface area (Å²) in [6.45, 7) is 9.28. The molecule has 1 amide bonds. The number of aromatic amines is 1. The summed E-state index contributed by atoms with van der Waals surface area (Å²) in [5, 5.41) is 0.835. The Morgan fingerprint density at radius 3 is 2.69 bits per heavy atom. The zero-order valence-corrected chi connectivity index (χ0v) is 19.2. The van der Waals surface area contributed by atoms with Gasteiger partial charge in [-0.1, -0.05) is 27.5 Å². The van der Waals surface area contributed by atoms with E-state index in [2.05, 4.69) is 30.9 Å². The molecule has 2 fully saturated rings. The summed E-state index contributed by atoms with van der Waals surface area (Å²) in [4.78, 5) is 26.5. The Bertz CT molecular complexity index is 944. The Labute approximate surface area is 182 Å². The topological polar surface area (TPSA) is 89.6 Å². The predicted octanol–water partition coefficient (Wildman–Crippen LogP) is 4.19. The van der Waals surface area contributed by atoms with Crippen molar-refractivity contribution in [3.63, 3.8) is 0 Å². The first-order chi connectivity index (χ1) is 13.5. The lowest BCUT2D eigenvalue weighted by atomic mass is 10.0. The number of carbonyl (C=O) groups excluding carboxylic acids is 1. The SMILES string of the molecule is CC(C)(C)OC(=O)N1[C@H](CBr)[C@H]2OC(C)(C)O[C@H]2[C@@H]1c1c[nH]c2c(Cl)ncnc12. The minimum atomic E-state index is -0.757. The molecule has 10 heteroatoms. The molecule has 8 nitrogen and oxygen atoms in total. The number of likely N-dealkylation sites (tertiary alicyclic amines) is 1. The van der Waals surface area contributed by atoms with E-state index < -0.39 is 23.5 Å². The van der Waals surface area contributed by atoms with E-state index in [0.717, 1.165) is 5.56 Å². The molecule has 29 heavy (non-hydrogen) atoms. The summed E-state index contributed by atoms with van der Waals surface area (Å²) in [6, 6.07) is -0.734. The Balaban J connectivity index is 1.83. The number of rotatable bonds is 2. The number of ether oxygens (including phenoxy) is 3. The van der Waals surface area contributed by atoms with Crippen molar-refractivity contribution in [3.05, 3.63) is 23.2 Å². The zero-order valence-electron chi connectivity index (χ0n) is 16.9. The van der Waals surface area contributed by atoms with E-state index in [0.29, 0.717) is 21.5 Å². The highest BCUT2D eigenvalue weighted by Crippen LogP contribution is 2.49. The molecule has 0 unspecified atom stereocenters. The number of nitrogens with one attached hydrogen (secondary N) is 1. The molecule has 0 bridgehead atoms. The van der Waals surface area contributed by atoms with Gasteiger partial charge in [-0.05, 0) is 34.6 Å². The molecule has 1 N–H and O–H groups in total. The molecule has 4 heterocycles. The average Bonchev–Trinajstić information content (AvgIpc) is 3.22. The maximum absolute atomic E-state index is 13.2. The molecule has 2 aromatic rings. The molecule has 0 saturated carbocycles. The monoisotopic (exact) mass is 486 g/mol. The number of halogens is 2. The molecule has 2 aliphatic heterocycles. The third kappa shape index (κ3) is 3.62. The van der Waals surface area contributed by atoms with Gasteiger partial charge in [0.15, 0.2) is 10.9 Å². The highest BCUT2D eigenvalue weighted by Gasteiger charge is 2.60. The molecule has 0 radical (unpaired) electrons. The van der Waals surface area contributed by atoms with Crippen LogP contribution in [0, 0.1) is 0 Å². The third-order valence-electron chi connectivity index (χ3n) is 5.04. The van der Waals surface area contributed by atoms with Gasteiger partial charge in [-0.3, -0.25) is 4.90 Å². The van der Waals surface area contributed by atoms with Gasteiger partial charge in [-0.25, -0.2) is 14.8 Å². The van der Waals surface area contributed by atoms with Crippen molar-refractivity contribution < 1.29 is 19.0 Å². The van der Waals surface area contributed by atoms with E-state index in [9.17, 15) is 4.79 Å². The summed E-state index contributed by atoms with van der Waals surface area (Å²) in [5.74, 6) is -0.757. The van der Waals surface area contributed by atoms with Crippen LogP contribution >= 0.6 is 27.5 Å². The van der Waals surface area contributed by atoms with Gasteiger partial charge in [0, 0.05) is 17.1 Å². The third-order valence-corrected chi connectivity index (χ3v) is 5.99. The maximum Gasteiger partial charge on any atom is 0.411 e. The highest BCUT2D eigenvalue weighted by atomic mass is 79.9. The first-order valence-electron chi connectivity index (χ1n) is 9.43. The Morgan fingerprint density at radius 1 is 1.34 bits per heavy atom. The highest BCUT2D eigenvalue weighted by molar-refractivity contribution is 9.09. The molecule has 0 aromatic carbocycles. The fraction of sp³-hybridized carbons (Fsp3) is 0.632. The van der Waals surface area contributed by atoms with E-state index in [4.69, 9.17) is 25.8 Å². The van der Waals surface area contributed by atoms with Crippen molar-refractivity contribution in [2.45, 2.75) is 70.3 Å². The van der Waals surface area contributed by atoms with Crippen LogP contribution in [0.1, 0.15) is 46.2 Å². The second-order valence-corrected chi connectivity index (χ2v) is 9.76. The molecule has 0 aliphatic carbocycles. The molecule has 0 spiro atoms. The van der Waals surface area contributed by atoms with Crippen LogP contribution in [0.2, 0.25) is 5.15 Å². The Kier molecular flexibility index (Phi) is 5.08. The van der Waals surface area contributed by atoms with Crippen LogP contribution in [-0.2, 0) is 14.2 Å². The second-order valence-electron chi connectivity index (χ2n) is 8.75. The summed E-state index contributed by atoms with van der Waals surface area (Å²) in [7, 11) is 0. The lowest BCUT2D eigenvalue weighted by Gasteiger charge is -2.34. The van der Waals surface area contributed by atoms with Gasteiger partial charge in [0.25, 0.3) is 0 Å². The summed E-state index contributed by atoms with van der Waals surface area (Å²) in [6.07, 6.45) is 2.08. The van der Waals surface area contributed by atoms with E-state index >= 15 is 0 Å². The average molecular weight is 488 g/mol. The normalized spacial score (nSPS) is 28.7. The second kappa shape index (κ2) is 7.08. The lowest BCUT2D eigenvalue weighted by Crippen LogP contribution is -2.46. The molecular weight excluding hydrogens is 464 g/mol. The minimum Gasteiger partial charge on any atom is -0.444 e. The quantitative estimate of drug-likeness (QED) is 0.505. The minimum absolute atomic E-state index is 0.274. The number of hydrogen-bond donors (Lipinski definition) is 1. The summed E-state index contributed by atoms with van der Waals surface area (Å²) >= 11 is 9.78. The van der Waals surface area contributed by atoms with Gasteiger partial charge >= 0.3 is 6.09 Å².